The summed E-state index contributed by atoms with van der Waals surface area (Å²) in [7, 11) is 1.71. The number of carbonyl (C=O) groups is 2. The number of hydrogen-bond acceptors (Lipinski definition) is 5. The number of ether oxygens (including phenoxy) is 1. The lowest BCUT2D eigenvalue weighted by Crippen LogP contribution is -2.57. The molecule has 186 valence electrons. The topological polar surface area (TPSA) is 74.3 Å². The SMILES string of the molecule is Cc1c(C)[n+](CCN2CCOCC2)c2n1C1C(=O)N(Cc3cccc4ccccc34)C(=O)N(C)C1=N2. The Balaban J connectivity index is 1.33. The Morgan fingerprint density at radius 3 is 2.61 bits per heavy atom. The second-order valence-corrected chi connectivity index (χ2v) is 9.72. The zero-order valence-corrected chi connectivity index (χ0v) is 21.0. The molecule has 3 aromatic rings. The lowest BCUT2D eigenvalue weighted by atomic mass is 10.0. The maximum Gasteiger partial charge on any atom is 0.402 e. The fourth-order valence-electron chi connectivity index (χ4n) is 5.58. The molecule has 3 aliphatic rings. The van der Waals surface area contributed by atoms with Crippen molar-refractivity contribution in [3.8, 4) is 0 Å². The molecule has 0 radical (unpaired) electrons. The summed E-state index contributed by atoms with van der Waals surface area (Å²) in [5.74, 6) is 0.998. The number of urea groups is 1. The van der Waals surface area contributed by atoms with Crippen molar-refractivity contribution in [3.05, 3.63) is 59.4 Å². The minimum absolute atomic E-state index is 0.221. The molecule has 0 spiro atoms. The number of amides is 3. The number of aromatic nitrogens is 2. The van der Waals surface area contributed by atoms with E-state index in [2.05, 4.69) is 16.4 Å². The first kappa shape index (κ1) is 22.9. The third kappa shape index (κ3) is 3.53. The maximum atomic E-state index is 13.9. The Morgan fingerprint density at radius 2 is 1.81 bits per heavy atom. The van der Waals surface area contributed by atoms with E-state index in [4.69, 9.17) is 9.73 Å². The molecule has 2 saturated heterocycles. The van der Waals surface area contributed by atoms with Gasteiger partial charge in [-0.1, -0.05) is 47.5 Å². The van der Waals surface area contributed by atoms with E-state index >= 15 is 0 Å². The molecule has 6 rings (SSSR count). The van der Waals surface area contributed by atoms with Crippen LogP contribution in [0.25, 0.3) is 10.8 Å². The van der Waals surface area contributed by atoms with Crippen molar-refractivity contribution in [2.45, 2.75) is 33.0 Å². The molecule has 1 atom stereocenters. The van der Waals surface area contributed by atoms with Gasteiger partial charge in [-0.25, -0.2) is 13.9 Å². The molecular weight excluding hydrogens is 456 g/mol. The highest BCUT2D eigenvalue weighted by Crippen LogP contribution is 2.36. The molecule has 0 N–H and O–H groups in total. The van der Waals surface area contributed by atoms with Crippen LogP contribution in [0.4, 0.5) is 10.7 Å². The molecule has 3 amide bonds. The van der Waals surface area contributed by atoms with Gasteiger partial charge in [-0.3, -0.25) is 19.5 Å². The summed E-state index contributed by atoms with van der Waals surface area (Å²) in [6, 6.07) is 13.1. The highest BCUT2D eigenvalue weighted by Gasteiger charge is 2.54. The second kappa shape index (κ2) is 8.83. The van der Waals surface area contributed by atoms with Crippen molar-refractivity contribution in [1.82, 2.24) is 19.3 Å². The molecule has 2 fully saturated rings. The van der Waals surface area contributed by atoms with Crippen LogP contribution in [-0.4, -0.2) is 76.9 Å². The Bertz CT molecular complexity index is 1400. The molecular formula is C27H31N6O3+. The molecule has 36 heavy (non-hydrogen) atoms. The Labute approximate surface area is 210 Å². The number of morpholine rings is 1. The summed E-state index contributed by atoms with van der Waals surface area (Å²) < 4.78 is 9.66. The quantitative estimate of drug-likeness (QED) is 0.519. The Hall–Kier alpha value is -3.56. The van der Waals surface area contributed by atoms with E-state index < -0.39 is 6.04 Å². The summed E-state index contributed by atoms with van der Waals surface area (Å²) in [6.45, 7) is 9.34. The van der Waals surface area contributed by atoms with Gasteiger partial charge in [0.05, 0.1) is 26.3 Å². The number of amidine groups is 1. The van der Waals surface area contributed by atoms with Crippen LogP contribution in [-0.2, 0) is 22.6 Å². The van der Waals surface area contributed by atoms with E-state index in [1.165, 1.54) is 9.80 Å². The number of carbonyl (C=O) groups excluding carboxylic acids is 2. The Kier molecular flexibility index (Phi) is 5.61. The van der Waals surface area contributed by atoms with Gasteiger partial charge in [0, 0.05) is 26.7 Å². The molecule has 0 saturated carbocycles. The number of imidazole rings is 1. The largest absolute Gasteiger partial charge is 0.402 e. The van der Waals surface area contributed by atoms with Gasteiger partial charge >= 0.3 is 12.0 Å². The van der Waals surface area contributed by atoms with Crippen LogP contribution < -0.4 is 4.57 Å². The first-order valence-corrected chi connectivity index (χ1v) is 12.5. The zero-order chi connectivity index (χ0) is 25.0. The standard InChI is InChI=1S/C27H31N6O3/c1-18-19(2)33-23-24(28-26(33)31(18)12-11-30-13-15-36-16-14-30)29(3)27(35)32(25(23)34)17-21-9-6-8-20-7-4-5-10-22(20)21/h4-10,23H,11-17H2,1-3H3/q+1. The smallest absolute Gasteiger partial charge is 0.379 e. The second-order valence-electron chi connectivity index (χ2n) is 9.72. The predicted molar refractivity (Wildman–Crippen MR) is 135 cm³/mol. The molecule has 0 bridgehead atoms. The zero-order valence-electron chi connectivity index (χ0n) is 21.0. The number of hydrogen-bond donors (Lipinski definition) is 0. The maximum absolute atomic E-state index is 13.9. The highest BCUT2D eigenvalue weighted by atomic mass is 16.5. The van der Waals surface area contributed by atoms with Crippen LogP contribution in [0.1, 0.15) is 23.0 Å². The van der Waals surface area contributed by atoms with Crippen LogP contribution in [0.15, 0.2) is 47.5 Å². The monoisotopic (exact) mass is 487 g/mol. The lowest BCUT2D eigenvalue weighted by molar-refractivity contribution is -0.688. The molecule has 3 aliphatic heterocycles. The van der Waals surface area contributed by atoms with Crippen LogP contribution in [0.3, 0.4) is 0 Å². The van der Waals surface area contributed by atoms with Gasteiger partial charge in [0.15, 0.2) is 0 Å². The molecule has 0 aliphatic carbocycles. The van der Waals surface area contributed by atoms with Crippen LogP contribution in [0.5, 0.6) is 0 Å². The number of fused-ring (bicyclic) bond motifs is 4. The fourth-order valence-corrected chi connectivity index (χ4v) is 5.58. The van der Waals surface area contributed by atoms with Gasteiger partial charge in [-0.15, -0.1) is 0 Å². The normalized spacial score (nSPS) is 20.2. The van der Waals surface area contributed by atoms with Crippen molar-refractivity contribution < 1.29 is 18.9 Å². The molecule has 2 aromatic carbocycles. The number of likely N-dealkylation sites (N-methyl/N-ethyl adjacent to an activating group) is 1. The lowest BCUT2D eigenvalue weighted by Gasteiger charge is -2.33. The minimum atomic E-state index is -0.638. The van der Waals surface area contributed by atoms with Crippen molar-refractivity contribution >= 4 is 34.5 Å². The van der Waals surface area contributed by atoms with Crippen molar-refractivity contribution in [1.29, 1.82) is 0 Å². The first-order chi connectivity index (χ1) is 17.5. The summed E-state index contributed by atoms with van der Waals surface area (Å²) in [4.78, 5) is 37.4. The first-order valence-electron chi connectivity index (χ1n) is 12.5. The number of rotatable bonds is 5. The predicted octanol–water partition coefficient (Wildman–Crippen LogP) is 2.56. The van der Waals surface area contributed by atoms with Gasteiger partial charge in [0.1, 0.15) is 11.4 Å². The minimum Gasteiger partial charge on any atom is -0.379 e. The van der Waals surface area contributed by atoms with Gasteiger partial charge in [0.25, 0.3) is 5.91 Å². The van der Waals surface area contributed by atoms with E-state index in [1.807, 2.05) is 54.0 Å². The van der Waals surface area contributed by atoms with Crippen molar-refractivity contribution in [3.63, 3.8) is 0 Å². The molecule has 9 heteroatoms. The van der Waals surface area contributed by atoms with Crippen LogP contribution in [0, 0.1) is 13.8 Å². The van der Waals surface area contributed by atoms with E-state index in [9.17, 15) is 9.59 Å². The van der Waals surface area contributed by atoms with E-state index in [0.29, 0.717) is 5.84 Å². The van der Waals surface area contributed by atoms with E-state index in [0.717, 1.165) is 73.1 Å². The number of nitrogens with zero attached hydrogens (tertiary/aromatic N) is 6. The summed E-state index contributed by atoms with van der Waals surface area (Å²) in [5, 5.41) is 2.13. The average molecular weight is 488 g/mol. The fraction of sp³-hybridized carbons (Fsp3) is 0.407. The van der Waals surface area contributed by atoms with Crippen LogP contribution >= 0.6 is 0 Å². The van der Waals surface area contributed by atoms with Gasteiger partial charge < -0.3 is 4.74 Å². The average Bonchev–Trinajstić information content (AvgIpc) is 3.40. The summed E-state index contributed by atoms with van der Waals surface area (Å²) in [6.07, 6.45) is 0. The molecule has 9 nitrogen and oxygen atoms in total. The summed E-state index contributed by atoms with van der Waals surface area (Å²) in [5.41, 5.74) is 3.04. The number of aliphatic imine (C=N–C) groups is 1. The van der Waals surface area contributed by atoms with Gasteiger partial charge in [-0.05, 0) is 30.2 Å². The number of benzene rings is 2. The molecule has 1 aromatic heterocycles. The van der Waals surface area contributed by atoms with E-state index in [1.54, 1.807) is 7.05 Å². The summed E-state index contributed by atoms with van der Waals surface area (Å²) >= 11 is 0. The molecule has 4 heterocycles. The van der Waals surface area contributed by atoms with Gasteiger partial charge in [0.2, 0.25) is 11.9 Å². The Morgan fingerprint density at radius 1 is 1.06 bits per heavy atom. The third-order valence-corrected chi connectivity index (χ3v) is 7.78. The highest BCUT2D eigenvalue weighted by molar-refractivity contribution is 6.20. The third-order valence-electron chi connectivity index (χ3n) is 7.78. The van der Waals surface area contributed by atoms with Crippen molar-refractivity contribution in [2.24, 2.45) is 4.99 Å². The van der Waals surface area contributed by atoms with Crippen LogP contribution in [0.2, 0.25) is 0 Å². The number of imide groups is 1. The van der Waals surface area contributed by atoms with Crippen molar-refractivity contribution in [2.75, 3.05) is 39.9 Å². The van der Waals surface area contributed by atoms with E-state index in [-0.39, 0.29) is 18.5 Å². The molecule has 1 unspecified atom stereocenters. The van der Waals surface area contributed by atoms with Gasteiger partial charge in [-0.2, -0.15) is 0 Å².